The van der Waals surface area contributed by atoms with Gasteiger partial charge in [0.05, 0.1) is 30.3 Å². The first-order valence-corrected chi connectivity index (χ1v) is 9.71. The highest BCUT2D eigenvalue weighted by Gasteiger charge is 2.48. The Labute approximate surface area is 167 Å². The topological polar surface area (TPSA) is 91.9 Å². The number of benzene rings is 1. The molecule has 1 aliphatic carbocycles. The third kappa shape index (κ3) is 2.54. The highest BCUT2D eigenvalue weighted by molar-refractivity contribution is 6.35. The number of nitrogens with zero attached hydrogens (tertiary/aromatic N) is 2. The van der Waals surface area contributed by atoms with Gasteiger partial charge in [-0.1, -0.05) is 6.07 Å². The summed E-state index contributed by atoms with van der Waals surface area (Å²) in [5.74, 6) is 0.574. The average Bonchev–Trinajstić information content (AvgIpc) is 3.12. The molecule has 29 heavy (non-hydrogen) atoms. The minimum absolute atomic E-state index is 0.0417. The number of fused-ring (bicyclic) bond motifs is 2. The molecule has 3 aliphatic rings. The van der Waals surface area contributed by atoms with Crippen molar-refractivity contribution in [3.05, 3.63) is 53.7 Å². The highest BCUT2D eigenvalue weighted by atomic mass is 16.5. The molecule has 2 aliphatic heterocycles. The number of amides is 1. The van der Waals surface area contributed by atoms with Crippen LogP contribution in [0.4, 0.5) is 11.4 Å². The van der Waals surface area contributed by atoms with Gasteiger partial charge in [0.2, 0.25) is 5.88 Å². The molecule has 7 nitrogen and oxygen atoms in total. The maximum Gasteiger partial charge on any atom is 0.256 e. The summed E-state index contributed by atoms with van der Waals surface area (Å²) in [6, 6.07) is 6.00. The van der Waals surface area contributed by atoms with Gasteiger partial charge in [-0.2, -0.15) is 0 Å². The maximum atomic E-state index is 12.5. The molecule has 1 amide bonds. The second-order valence-electron chi connectivity index (χ2n) is 7.90. The quantitative estimate of drug-likeness (QED) is 0.586. The number of hydrogen-bond acceptors (Lipinski definition) is 5. The lowest BCUT2D eigenvalue weighted by molar-refractivity contribution is -0.110. The van der Waals surface area contributed by atoms with Crippen LogP contribution in [-0.2, 0) is 4.79 Å². The van der Waals surface area contributed by atoms with Gasteiger partial charge in [-0.15, -0.1) is 0 Å². The minimum atomic E-state index is -0.114. The van der Waals surface area contributed by atoms with Crippen molar-refractivity contribution in [1.82, 2.24) is 15.0 Å². The molecule has 2 aromatic heterocycles. The summed E-state index contributed by atoms with van der Waals surface area (Å²) in [7, 11) is 0. The minimum Gasteiger partial charge on any atom is -0.468 e. The maximum absolute atomic E-state index is 12.5. The zero-order chi connectivity index (χ0) is 19.6. The second-order valence-corrected chi connectivity index (χ2v) is 7.90. The van der Waals surface area contributed by atoms with Gasteiger partial charge in [0.15, 0.2) is 0 Å². The summed E-state index contributed by atoms with van der Waals surface area (Å²) in [5.41, 5.74) is 7.14. The lowest BCUT2D eigenvalue weighted by Crippen LogP contribution is -2.33. The summed E-state index contributed by atoms with van der Waals surface area (Å²) in [6.07, 6.45) is 9.14. The van der Waals surface area contributed by atoms with Crippen LogP contribution in [0.2, 0.25) is 0 Å². The first-order chi connectivity index (χ1) is 14.1. The normalized spacial score (nSPS) is 19.3. The van der Waals surface area contributed by atoms with Crippen molar-refractivity contribution >= 4 is 28.9 Å². The van der Waals surface area contributed by atoms with Crippen LogP contribution in [0.15, 0.2) is 36.9 Å². The third-order valence-corrected chi connectivity index (χ3v) is 5.94. The number of anilines is 2. The number of ether oxygens (including phenoxy) is 1. The molecule has 1 spiro atoms. The molecule has 1 aromatic carbocycles. The van der Waals surface area contributed by atoms with Gasteiger partial charge >= 0.3 is 0 Å². The van der Waals surface area contributed by atoms with Crippen molar-refractivity contribution in [1.29, 1.82) is 0 Å². The van der Waals surface area contributed by atoms with E-state index in [9.17, 15) is 4.79 Å². The number of hydrogen-bond donors (Lipinski definition) is 3. The number of aromatic amines is 1. The molecule has 0 atom stereocenters. The summed E-state index contributed by atoms with van der Waals surface area (Å²) in [4.78, 5) is 24.1. The zero-order valence-corrected chi connectivity index (χ0v) is 15.9. The number of carbonyl (C=O) groups is 1. The van der Waals surface area contributed by atoms with Crippen molar-refractivity contribution < 1.29 is 9.53 Å². The summed E-state index contributed by atoms with van der Waals surface area (Å²) >= 11 is 0. The van der Waals surface area contributed by atoms with Crippen LogP contribution < -0.4 is 15.4 Å². The Hall–Kier alpha value is -3.61. The number of carbonyl (C=O) groups excluding carboxylic acids is 1. The number of aromatic nitrogens is 3. The molecule has 6 rings (SSSR count). The number of H-pyrrole nitrogens is 1. The van der Waals surface area contributed by atoms with Gasteiger partial charge in [-0.05, 0) is 49.1 Å². The Bertz CT molecular complexity index is 1190. The van der Waals surface area contributed by atoms with Gasteiger partial charge in [0.1, 0.15) is 11.3 Å². The first kappa shape index (κ1) is 16.4. The lowest BCUT2D eigenvalue weighted by Gasteiger charge is -2.28. The molecular weight excluding hydrogens is 366 g/mol. The number of imidazole rings is 1. The Morgan fingerprint density at radius 3 is 2.90 bits per heavy atom. The fourth-order valence-electron chi connectivity index (χ4n) is 4.07. The monoisotopic (exact) mass is 385 g/mol. The van der Waals surface area contributed by atoms with E-state index in [1.165, 1.54) is 0 Å². The predicted octanol–water partition coefficient (Wildman–Crippen LogP) is 3.61. The zero-order valence-electron chi connectivity index (χ0n) is 15.9. The summed E-state index contributed by atoms with van der Waals surface area (Å²) in [6.45, 7) is 2.90. The van der Waals surface area contributed by atoms with Crippen LogP contribution in [0.5, 0.6) is 5.88 Å². The Morgan fingerprint density at radius 2 is 2.10 bits per heavy atom. The lowest BCUT2D eigenvalue weighted by atomic mass is 9.96. The number of rotatable bonds is 2. The number of pyridine rings is 1. The van der Waals surface area contributed by atoms with Crippen LogP contribution in [0.3, 0.4) is 0 Å². The molecule has 0 radical (unpaired) electrons. The van der Waals surface area contributed by atoms with E-state index >= 15 is 0 Å². The van der Waals surface area contributed by atoms with Crippen molar-refractivity contribution in [2.45, 2.75) is 25.4 Å². The van der Waals surface area contributed by atoms with Gasteiger partial charge in [-0.25, -0.2) is 9.97 Å². The molecule has 0 unspecified atom stereocenters. The Kier molecular flexibility index (Phi) is 3.21. The van der Waals surface area contributed by atoms with E-state index in [4.69, 9.17) is 4.74 Å². The number of nitrogens with one attached hydrogen (secondary N) is 3. The van der Waals surface area contributed by atoms with Crippen molar-refractivity contribution in [3.63, 3.8) is 0 Å². The average molecular weight is 385 g/mol. The molecular formula is C22H19N5O2. The molecule has 0 saturated heterocycles. The molecule has 1 saturated carbocycles. The van der Waals surface area contributed by atoms with Crippen molar-refractivity contribution in [2.75, 3.05) is 17.2 Å². The van der Waals surface area contributed by atoms with Gasteiger partial charge in [-0.3, -0.25) is 4.79 Å². The largest absolute Gasteiger partial charge is 0.468 e. The van der Waals surface area contributed by atoms with Gasteiger partial charge in [0, 0.05) is 23.0 Å². The fraction of sp³-hybridized carbons (Fsp3) is 0.227. The molecule has 4 heterocycles. The van der Waals surface area contributed by atoms with E-state index in [0.29, 0.717) is 11.5 Å². The van der Waals surface area contributed by atoms with Crippen LogP contribution >= 0.6 is 0 Å². The molecule has 0 bridgehead atoms. The highest BCUT2D eigenvalue weighted by Crippen LogP contribution is 2.47. The summed E-state index contributed by atoms with van der Waals surface area (Å²) < 4.78 is 6.12. The van der Waals surface area contributed by atoms with E-state index in [2.05, 4.69) is 32.5 Å². The van der Waals surface area contributed by atoms with E-state index < -0.39 is 0 Å². The van der Waals surface area contributed by atoms with Crippen LogP contribution in [0.25, 0.3) is 22.8 Å². The van der Waals surface area contributed by atoms with E-state index in [1.807, 2.05) is 30.5 Å². The van der Waals surface area contributed by atoms with E-state index in [0.717, 1.165) is 58.7 Å². The third-order valence-electron chi connectivity index (χ3n) is 5.94. The molecule has 3 aromatic rings. The van der Waals surface area contributed by atoms with Gasteiger partial charge in [0.25, 0.3) is 5.91 Å². The van der Waals surface area contributed by atoms with Crippen LogP contribution in [0.1, 0.15) is 29.7 Å². The Morgan fingerprint density at radius 1 is 1.21 bits per heavy atom. The van der Waals surface area contributed by atoms with Crippen LogP contribution in [-0.4, -0.2) is 33.0 Å². The van der Waals surface area contributed by atoms with Crippen molar-refractivity contribution in [3.8, 4) is 17.0 Å². The molecule has 3 N–H and O–H groups in total. The Balaban J connectivity index is 1.42. The molecule has 144 valence electrons. The van der Waals surface area contributed by atoms with Gasteiger partial charge < -0.3 is 20.4 Å². The van der Waals surface area contributed by atoms with E-state index in [-0.39, 0.29) is 11.5 Å². The molecule has 1 fully saturated rings. The fourth-order valence-corrected chi connectivity index (χ4v) is 4.07. The first-order valence-electron chi connectivity index (χ1n) is 9.71. The smallest absolute Gasteiger partial charge is 0.256 e. The van der Waals surface area contributed by atoms with E-state index in [1.54, 1.807) is 12.5 Å². The summed E-state index contributed by atoms with van der Waals surface area (Å²) in [5, 5.41) is 6.44. The van der Waals surface area contributed by atoms with Crippen LogP contribution in [0, 0.1) is 6.92 Å². The van der Waals surface area contributed by atoms with Crippen molar-refractivity contribution in [2.24, 2.45) is 0 Å². The predicted molar refractivity (Wildman–Crippen MR) is 111 cm³/mol. The standard InChI is InChI=1S/C22H19N5O2/c1-12-17(9-24-21-19(12)25-10-22(29-21)4-5-22)13-2-3-18-15(6-13)16(20(28)27-18)7-14-8-23-11-26-14/h2-3,6-9,11,25H,4-5,10H2,1H3,(H,23,26)(H,27,28)/b16-7-. The molecule has 7 heteroatoms. The second kappa shape index (κ2) is 5.70. The SMILES string of the molecule is Cc1c(-c2ccc3c(c2)/C(=C/c2cnc[nH]2)C(=O)N3)cnc2c1NCC1(CC1)O2.